The first-order chi connectivity index (χ1) is 15.1. The molecule has 156 valence electrons. The molecule has 1 aromatic heterocycles. The van der Waals surface area contributed by atoms with Gasteiger partial charge < -0.3 is 14.4 Å². The number of methoxy groups -OCH3 is 2. The molecule has 0 bridgehead atoms. The maximum absolute atomic E-state index is 12.5. The molecule has 8 heteroatoms. The van der Waals surface area contributed by atoms with E-state index in [0.717, 1.165) is 19.5 Å². The van der Waals surface area contributed by atoms with Gasteiger partial charge in [0.25, 0.3) is 0 Å². The number of aromatic nitrogens is 1. The monoisotopic (exact) mass is 450 g/mol. The molecule has 6 nitrogen and oxygen atoms in total. The van der Waals surface area contributed by atoms with Crippen molar-refractivity contribution in [2.24, 2.45) is 0 Å². The summed E-state index contributed by atoms with van der Waals surface area (Å²) >= 11 is 3.22. The highest BCUT2D eigenvalue weighted by atomic mass is 32.2. The van der Waals surface area contributed by atoms with Crippen LogP contribution in [0.25, 0.3) is 10.2 Å². The maximum Gasteiger partial charge on any atom is 0.355 e. The molecule has 2 heterocycles. The Labute approximate surface area is 187 Å². The molecule has 0 radical (unpaired) electrons. The third-order valence-electron chi connectivity index (χ3n) is 4.48. The summed E-state index contributed by atoms with van der Waals surface area (Å²) in [6.45, 7) is 0. The lowest BCUT2D eigenvalue weighted by atomic mass is 10.1. The SMILES string of the molecule is COC(=O)C1=C(C(=O)OC)N(c2ccc(Sc3nc4ccccc4s3)cc2)C=CC=C1. The Morgan fingerprint density at radius 2 is 1.71 bits per heavy atom. The van der Waals surface area contributed by atoms with Gasteiger partial charge in [0.2, 0.25) is 0 Å². The highest BCUT2D eigenvalue weighted by molar-refractivity contribution is 8.01. The van der Waals surface area contributed by atoms with Crippen LogP contribution in [0.4, 0.5) is 5.69 Å². The summed E-state index contributed by atoms with van der Waals surface area (Å²) in [5.74, 6) is -1.25. The smallest absolute Gasteiger partial charge is 0.355 e. The highest BCUT2D eigenvalue weighted by Crippen LogP contribution is 2.35. The van der Waals surface area contributed by atoms with Crippen molar-refractivity contribution in [1.29, 1.82) is 0 Å². The minimum atomic E-state index is -0.635. The Morgan fingerprint density at radius 3 is 2.42 bits per heavy atom. The van der Waals surface area contributed by atoms with Gasteiger partial charge in [0, 0.05) is 16.8 Å². The number of carbonyl (C=O) groups excluding carboxylic acids is 2. The van der Waals surface area contributed by atoms with Crippen molar-refractivity contribution >= 4 is 50.9 Å². The van der Waals surface area contributed by atoms with Crippen LogP contribution in [0.15, 0.2) is 93.5 Å². The fourth-order valence-corrected chi connectivity index (χ4v) is 5.08. The molecule has 0 aliphatic carbocycles. The molecule has 0 saturated carbocycles. The second-order valence-corrected chi connectivity index (χ2v) is 8.71. The summed E-state index contributed by atoms with van der Waals surface area (Å²) in [5, 5.41) is 0. The summed E-state index contributed by atoms with van der Waals surface area (Å²) < 4.78 is 11.9. The Bertz CT molecular complexity index is 1190. The Hall–Kier alpha value is -3.36. The van der Waals surface area contributed by atoms with E-state index < -0.39 is 11.9 Å². The highest BCUT2D eigenvalue weighted by Gasteiger charge is 2.27. The van der Waals surface area contributed by atoms with E-state index >= 15 is 0 Å². The molecule has 0 amide bonds. The van der Waals surface area contributed by atoms with Crippen LogP contribution >= 0.6 is 23.1 Å². The quantitative estimate of drug-likeness (QED) is 0.510. The molecule has 0 spiro atoms. The second kappa shape index (κ2) is 9.20. The lowest BCUT2D eigenvalue weighted by Crippen LogP contribution is -2.26. The molecule has 0 N–H and O–H groups in total. The number of benzene rings is 2. The van der Waals surface area contributed by atoms with E-state index in [1.807, 2.05) is 42.5 Å². The number of esters is 2. The molecule has 4 rings (SSSR count). The van der Waals surface area contributed by atoms with Crippen molar-refractivity contribution in [3.63, 3.8) is 0 Å². The van der Waals surface area contributed by atoms with Crippen molar-refractivity contribution in [3.8, 4) is 0 Å². The molecular formula is C23H18N2O4S2. The number of hydrogen-bond donors (Lipinski definition) is 0. The van der Waals surface area contributed by atoms with Crippen molar-refractivity contribution in [2.75, 3.05) is 19.1 Å². The number of ether oxygens (including phenoxy) is 2. The minimum Gasteiger partial charge on any atom is -0.465 e. The third kappa shape index (κ3) is 4.40. The summed E-state index contributed by atoms with van der Waals surface area (Å²) in [6, 6.07) is 15.7. The van der Waals surface area contributed by atoms with Crippen LogP contribution in [0.3, 0.4) is 0 Å². The molecule has 0 fully saturated rings. The van der Waals surface area contributed by atoms with Gasteiger partial charge in [0.15, 0.2) is 4.34 Å². The van der Waals surface area contributed by atoms with Crippen LogP contribution in [0.2, 0.25) is 0 Å². The molecular weight excluding hydrogens is 432 g/mol. The van der Waals surface area contributed by atoms with E-state index in [9.17, 15) is 9.59 Å². The van der Waals surface area contributed by atoms with Crippen molar-refractivity contribution in [1.82, 2.24) is 4.98 Å². The molecule has 2 aromatic carbocycles. The number of nitrogens with zero attached hydrogens (tertiary/aromatic N) is 2. The predicted molar refractivity (Wildman–Crippen MR) is 122 cm³/mol. The first-order valence-corrected chi connectivity index (χ1v) is 10.9. The largest absolute Gasteiger partial charge is 0.465 e. The zero-order valence-corrected chi connectivity index (χ0v) is 18.4. The zero-order valence-electron chi connectivity index (χ0n) is 16.8. The summed E-state index contributed by atoms with van der Waals surface area (Å²) in [6.07, 6.45) is 6.65. The van der Waals surface area contributed by atoms with Crippen LogP contribution in [0.1, 0.15) is 0 Å². The summed E-state index contributed by atoms with van der Waals surface area (Å²) in [5.41, 5.74) is 1.89. The average molecular weight is 451 g/mol. The summed E-state index contributed by atoms with van der Waals surface area (Å²) in [4.78, 5) is 32.1. The first-order valence-electron chi connectivity index (χ1n) is 9.29. The van der Waals surface area contributed by atoms with Crippen LogP contribution < -0.4 is 4.90 Å². The average Bonchev–Trinajstić information content (AvgIpc) is 3.07. The fourth-order valence-electron chi connectivity index (χ4n) is 3.04. The van der Waals surface area contributed by atoms with Crippen molar-refractivity contribution < 1.29 is 19.1 Å². The molecule has 0 unspecified atom stereocenters. The van der Waals surface area contributed by atoms with Gasteiger partial charge in [-0.05, 0) is 48.6 Å². The molecule has 1 aliphatic heterocycles. The van der Waals surface area contributed by atoms with E-state index in [1.165, 1.54) is 20.3 Å². The van der Waals surface area contributed by atoms with Crippen LogP contribution in [-0.2, 0) is 19.1 Å². The number of rotatable bonds is 5. The maximum atomic E-state index is 12.5. The summed E-state index contributed by atoms with van der Waals surface area (Å²) in [7, 11) is 2.55. The molecule has 3 aromatic rings. The van der Waals surface area contributed by atoms with E-state index in [2.05, 4.69) is 11.1 Å². The number of allylic oxidation sites excluding steroid dienone is 2. The lowest BCUT2D eigenvalue weighted by Gasteiger charge is -2.23. The van der Waals surface area contributed by atoms with Crippen LogP contribution in [0, 0.1) is 0 Å². The molecule has 1 aliphatic rings. The molecule has 0 saturated heterocycles. The number of thiazole rings is 1. The number of fused-ring (bicyclic) bond motifs is 1. The van der Waals surface area contributed by atoms with E-state index in [1.54, 1.807) is 46.4 Å². The van der Waals surface area contributed by atoms with E-state index in [0.29, 0.717) is 5.69 Å². The molecule has 31 heavy (non-hydrogen) atoms. The van der Waals surface area contributed by atoms with Gasteiger partial charge >= 0.3 is 11.9 Å². The normalized spacial score (nSPS) is 13.4. The Kier molecular flexibility index (Phi) is 6.20. The van der Waals surface area contributed by atoms with E-state index in [4.69, 9.17) is 9.47 Å². The number of para-hydroxylation sites is 1. The van der Waals surface area contributed by atoms with Gasteiger partial charge in [-0.2, -0.15) is 0 Å². The fraction of sp³-hybridized carbons (Fsp3) is 0.0870. The van der Waals surface area contributed by atoms with E-state index in [-0.39, 0.29) is 11.3 Å². The van der Waals surface area contributed by atoms with Gasteiger partial charge in [0.1, 0.15) is 5.70 Å². The van der Waals surface area contributed by atoms with Gasteiger partial charge in [-0.3, -0.25) is 0 Å². The number of hydrogen-bond acceptors (Lipinski definition) is 8. The third-order valence-corrected chi connectivity index (χ3v) is 6.59. The zero-order chi connectivity index (χ0) is 21.8. The van der Waals surface area contributed by atoms with Crippen LogP contribution in [0.5, 0.6) is 0 Å². The second-order valence-electron chi connectivity index (χ2n) is 6.36. The topological polar surface area (TPSA) is 68.7 Å². The molecule has 0 atom stereocenters. The van der Waals surface area contributed by atoms with Gasteiger partial charge in [-0.15, -0.1) is 11.3 Å². The first kappa shape index (κ1) is 20.9. The predicted octanol–water partition coefficient (Wildman–Crippen LogP) is 4.94. The number of carbonyl (C=O) groups is 2. The van der Waals surface area contributed by atoms with Crippen molar-refractivity contribution in [2.45, 2.75) is 9.24 Å². The van der Waals surface area contributed by atoms with Gasteiger partial charge in [0.05, 0.1) is 30.0 Å². The Balaban J connectivity index is 1.64. The lowest BCUT2D eigenvalue weighted by molar-refractivity contribution is -0.139. The minimum absolute atomic E-state index is 0.0888. The number of anilines is 1. The van der Waals surface area contributed by atoms with Crippen molar-refractivity contribution in [3.05, 3.63) is 84.2 Å². The Morgan fingerprint density at radius 1 is 0.968 bits per heavy atom. The van der Waals surface area contributed by atoms with Gasteiger partial charge in [-0.1, -0.05) is 30.0 Å². The standard InChI is InChI=1S/C23H18N2O4S2/c1-28-21(26)17-7-5-6-14-25(20(17)22(27)29-2)15-10-12-16(13-11-15)30-23-24-18-8-3-4-9-19(18)31-23/h3-14H,1-2H3. The van der Waals surface area contributed by atoms with Crippen LogP contribution in [-0.4, -0.2) is 31.1 Å². The van der Waals surface area contributed by atoms with Gasteiger partial charge in [-0.25, -0.2) is 14.6 Å².